The summed E-state index contributed by atoms with van der Waals surface area (Å²) < 4.78 is 15.6. The van der Waals surface area contributed by atoms with Gasteiger partial charge in [0.05, 0.1) is 17.0 Å². The fourth-order valence-corrected chi connectivity index (χ4v) is 4.23. The van der Waals surface area contributed by atoms with Crippen LogP contribution in [-0.2, 0) is 6.54 Å². The molecule has 1 atom stereocenters. The number of benzene rings is 1. The second-order valence-electron chi connectivity index (χ2n) is 7.19. The average molecular weight is 386 g/mol. The first-order chi connectivity index (χ1) is 12.8. The maximum atomic E-state index is 13.1. The summed E-state index contributed by atoms with van der Waals surface area (Å²) in [5, 5.41) is 3.41. The van der Waals surface area contributed by atoms with Gasteiger partial charge in [-0.15, -0.1) is 11.3 Å². The summed E-state index contributed by atoms with van der Waals surface area (Å²) in [4.78, 5) is 26.7. The zero-order valence-corrected chi connectivity index (χ0v) is 16.7. The number of aryl methyl sites for hydroxylation is 1. The van der Waals surface area contributed by atoms with Crippen molar-refractivity contribution in [1.82, 2.24) is 9.88 Å². The van der Waals surface area contributed by atoms with E-state index in [1.807, 2.05) is 33.8 Å². The number of halogens is 1. The van der Waals surface area contributed by atoms with E-state index in [1.165, 1.54) is 23.5 Å². The molecule has 2 heterocycles. The van der Waals surface area contributed by atoms with Crippen LogP contribution in [0, 0.1) is 18.7 Å². The zero-order valence-electron chi connectivity index (χ0n) is 15.9. The highest BCUT2D eigenvalue weighted by molar-refractivity contribution is 7.19. The first-order valence-corrected chi connectivity index (χ1v) is 9.78. The van der Waals surface area contributed by atoms with Gasteiger partial charge in [-0.25, -0.2) is 4.39 Å². The fourth-order valence-electron chi connectivity index (χ4n) is 3.18. The first-order valence-electron chi connectivity index (χ1n) is 8.96. The molecule has 3 aromatic rings. The van der Waals surface area contributed by atoms with Crippen molar-refractivity contribution < 1.29 is 9.18 Å². The van der Waals surface area contributed by atoms with Gasteiger partial charge < -0.3 is 9.88 Å². The quantitative estimate of drug-likeness (QED) is 0.693. The van der Waals surface area contributed by atoms with Crippen LogP contribution in [0.2, 0.25) is 0 Å². The SMILES string of the molecule is Cc1sc2ccn(CC(C)C)c(=O)c2c1C(=O)N[C@@H](C)c1ccc(F)cc1. The lowest BCUT2D eigenvalue weighted by Crippen LogP contribution is -2.29. The van der Waals surface area contributed by atoms with Crippen molar-refractivity contribution in [1.29, 1.82) is 0 Å². The number of amides is 1. The number of thiophene rings is 1. The van der Waals surface area contributed by atoms with E-state index in [-0.39, 0.29) is 23.3 Å². The van der Waals surface area contributed by atoms with Crippen LogP contribution in [-0.4, -0.2) is 10.5 Å². The van der Waals surface area contributed by atoms with Crippen molar-refractivity contribution >= 4 is 27.3 Å². The molecule has 4 nitrogen and oxygen atoms in total. The average Bonchev–Trinajstić information content (AvgIpc) is 2.94. The Labute approximate surface area is 161 Å². The maximum Gasteiger partial charge on any atom is 0.260 e. The van der Waals surface area contributed by atoms with Gasteiger partial charge in [-0.2, -0.15) is 0 Å². The van der Waals surface area contributed by atoms with E-state index in [9.17, 15) is 14.0 Å². The number of nitrogens with one attached hydrogen (secondary N) is 1. The summed E-state index contributed by atoms with van der Waals surface area (Å²) >= 11 is 1.45. The Morgan fingerprint density at radius 2 is 1.85 bits per heavy atom. The van der Waals surface area contributed by atoms with E-state index in [0.717, 1.165) is 15.1 Å². The van der Waals surface area contributed by atoms with Crippen molar-refractivity contribution in [2.75, 3.05) is 0 Å². The minimum atomic E-state index is -0.317. The highest BCUT2D eigenvalue weighted by Crippen LogP contribution is 2.29. The van der Waals surface area contributed by atoms with E-state index in [0.29, 0.717) is 23.4 Å². The number of pyridine rings is 1. The molecule has 0 aliphatic carbocycles. The largest absolute Gasteiger partial charge is 0.345 e. The van der Waals surface area contributed by atoms with Crippen LogP contribution >= 0.6 is 11.3 Å². The van der Waals surface area contributed by atoms with Crippen LogP contribution in [0.25, 0.3) is 10.1 Å². The van der Waals surface area contributed by atoms with Crippen molar-refractivity contribution in [3.63, 3.8) is 0 Å². The molecule has 6 heteroatoms. The summed E-state index contributed by atoms with van der Waals surface area (Å²) in [6.07, 6.45) is 1.80. The Kier molecular flexibility index (Phi) is 5.46. The zero-order chi connectivity index (χ0) is 19.7. The van der Waals surface area contributed by atoms with Gasteiger partial charge in [-0.3, -0.25) is 9.59 Å². The standard InChI is InChI=1S/C21H23FN2O2S/c1-12(2)11-24-10-9-17-19(21(24)26)18(14(4)27-17)20(25)23-13(3)15-5-7-16(22)8-6-15/h5-10,12-13H,11H2,1-4H3,(H,23,25)/t13-/m0/s1. The predicted octanol–water partition coefficient (Wildman–Crippen LogP) is 4.66. The summed E-state index contributed by atoms with van der Waals surface area (Å²) in [6, 6.07) is 7.63. The number of carbonyl (C=O) groups excluding carboxylic acids is 1. The van der Waals surface area contributed by atoms with Crippen LogP contribution < -0.4 is 10.9 Å². The Morgan fingerprint density at radius 1 is 1.19 bits per heavy atom. The van der Waals surface area contributed by atoms with Crippen LogP contribution in [0.4, 0.5) is 4.39 Å². The molecule has 0 saturated carbocycles. The number of hydrogen-bond donors (Lipinski definition) is 1. The highest BCUT2D eigenvalue weighted by Gasteiger charge is 2.22. The van der Waals surface area contributed by atoms with Gasteiger partial charge >= 0.3 is 0 Å². The second kappa shape index (κ2) is 7.64. The molecule has 0 unspecified atom stereocenters. The number of hydrogen-bond acceptors (Lipinski definition) is 3. The van der Waals surface area contributed by atoms with Crippen molar-refractivity contribution in [2.45, 2.75) is 40.3 Å². The molecule has 0 aliphatic rings. The molecule has 0 fully saturated rings. The monoisotopic (exact) mass is 386 g/mol. The highest BCUT2D eigenvalue weighted by atomic mass is 32.1. The molecule has 27 heavy (non-hydrogen) atoms. The summed E-state index contributed by atoms with van der Waals surface area (Å²) in [7, 11) is 0. The maximum absolute atomic E-state index is 13.1. The van der Waals surface area contributed by atoms with Gasteiger partial charge in [0.25, 0.3) is 11.5 Å². The molecule has 0 spiro atoms. The van der Waals surface area contributed by atoms with E-state index < -0.39 is 0 Å². The Balaban J connectivity index is 1.97. The van der Waals surface area contributed by atoms with E-state index in [1.54, 1.807) is 22.9 Å². The molecule has 0 saturated heterocycles. The molecule has 3 rings (SSSR count). The minimum Gasteiger partial charge on any atom is -0.345 e. The van der Waals surface area contributed by atoms with Gasteiger partial charge in [0.15, 0.2) is 0 Å². The number of aromatic nitrogens is 1. The van der Waals surface area contributed by atoms with Gasteiger partial charge in [0.2, 0.25) is 0 Å². The number of rotatable bonds is 5. The molecular formula is C21H23FN2O2S. The Morgan fingerprint density at radius 3 is 2.48 bits per heavy atom. The smallest absolute Gasteiger partial charge is 0.260 e. The first kappa shape index (κ1) is 19.3. The minimum absolute atomic E-state index is 0.134. The third kappa shape index (κ3) is 3.95. The van der Waals surface area contributed by atoms with Gasteiger partial charge in [-0.05, 0) is 43.5 Å². The van der Waals surface area contributed by atoms with E-state index in [4.69, 9.17) is 0 Å². The van der Waals surface area contributed by atoms with Crippen LogP contribution in [0.15, 0.2) is 41.3 Å². The van der Waals surface area contributed by atoms with Gasteiger partial charge in [0.1, 0.15) is 5.82 Å². The number of nitrogens with zero attached hydrogens (tertiary/aromatic N) is 1. The lowest BCUT2D eigenvalue weighted by molar-refractivity contribution is 0.0941. The number of carbonyl (C=O) groups is 1. The molecule has 1 aromatic carbocycles. The third-order valence-corrected chi connectivity index (χ3v) is 5.57. The fraction of sp³-hybridized carbons (Fsp3) is 0.333. The lowest BCUT2D eigenvalue weighted by Gasteiger charge is -2.15. The third-order valence-electron chi connectivity index (χ3n) is 4.50. The molecule has 0 bridgehead atoms. The van der Waals surface area contributed by atoms with Crippen LogP contribution in [0.5, 0.6) is 0 Å². The van der Waals surface area contributed by atoms with Gasteiger partial charge in [-0.1, -0.05) is 26.0 Å². The number of fused-ring (bicyclic) bond motifs is 1. The summed E-state index contributed by atoms with van der Waals surface area (Å²) in [6.45, 7) is 8.40. The summed E-state index contributed by atoms with van der Waals surface area (Å²) in [5.41, 5.74) is 1.11. The van der Waals surface area contributed by atoms with Crippen molar-refractivity contribution in [2.24, 2.45) is 5.92 Å². The molecule has 1 N–H and O–H groups in total. The lowest BCUT2D eigenvalue weighted by atomic mass is 10.1. The van der Waals surface area contributed by atoms with Crippen LogP contribution in [0.1, 0.15) is 47.6 Å². The topological polar surface area (TPSA) is 51.1 Å². The molecule has 142 valence electrons. The molecular weight excluding hydrogens is 363 g/mol. The second-order valence-corrected chi connectivity index (χ2v) is 8.44. The van der Waals surface area contributed by atoms with Crippen molar-refractivity contribution in [3.05, 3.63) is 68.7 Å². The summed E-state index contributed by atoms with van der Waals surface area (Å²) in [5.74, 6) is -0.270. The van der Waals surface area contributed by atoms with E-state index in [2.05, 4.69) is 5.32 Å². The predicted molar refractivity (Wildman–Crippen MR) is 108 cm³/mol. The Hall–Kier alpha value is -2.47. The normalized spacial score (nSPS) is 12.5. The van der Waals surface area contributed by atoms with Crippen LogP contribution in [0.3, 0.4) is 0 Å². The van der Waals surface area contributed by atoms with Crippen molar-refractivity contribution in [3.8, 4) is 0 Å². The molecule has 0 aliphatic heterocycles. The Bertz CT molecular complexity index is 1030. The molecule has 0 radical (unpaired) electrons. The molecule has 1 amide bonds. The molecule has 2 aromatic heterocycles. The van der Waals surface area contributed by atoms with Gasteiger partial charge in [0, 0.05) is 22.3 Å². The van der Waals surface area contributed by atoms with E-state index >= 15 is 0 Å².